The van der Waals surface area contributed by atoms with E-state index >= 15 is 0 Å². The van der Waals surface area contributed by atoms with Gasteiger partial charge in [0.25, 0.3) is 0 Å². The SMILES string of the molecule is O=[C]N1CCN(CCO)CC1. The molecule has 11 heavy (non-hydrogen) atoms. The van der Waals surface area contributed by atoms with E-state index in [9.17, 15) is 4.79 Å². The summed E-state index contributed by atoms with van der Waals surface area (Å²) < 4.78 is 0. The summed E-state index contributed by atoms with van der Waals surface area (Å²) in [6.07, 6.45) is 1.86. The molecule has 1 aliphatic rings. The Kier molecular flexibility index (Phi) is 3.32. The van der Waals surface area contributed by atoms with Gasteiger partial charge >= 0.3 is 6.41 Å². The highest BCUT2D eigenvalue weighted by molar-refractivity contribution is 5.48. The maximum absolute atomic E-state index is 10.2. The first-order valence-corrected chi connectivity index (χ1v) is 3.83. The maximum atomic E-state index is 10.2. The average molecular weight is 157 g/mol. The van der Waals surface area contributed by atoms with Gasteiger partial charge in [-0.2, -0.15) is 0 Å². The average Bonchev–Trinajstić information content (AvgIpc) is 2.07. The Bertz CT molecular complexity index is 122. The third-order valence-corrected chi connectivity index (χ3v) is 1.92. The molecule has 1 rings (SSSR count). The van der Waals surface area contributed by atoms with Gasteiger partial charge in [0.15, 0.2) is 0 Å². The van der Waals surface area contributed by atoms with E-state index < -0.39 is 0 Å². The number of aliphatic hydroxyl groups is 1. The number of aliphatic hydroxyl groups excluding tert-OH is 1. The fourth-order valence-electron chi connectivity index (χ4n) is 1.20. The van der Waals surface area contributed by atoms with Crippen LogP contribution in [0.1, 0.15) is 0 Å². The molecule has 1 aliphatic heterocycles. The molecule has 0 saturated carbocycles. The maximum Gasteiger partial charge on any atom is 0.312 e. The molecule has 0 aromatic rings. The largest absolute Gasteiger partial charge is 0.395 e. The minimum Gasteiger partial charge on any atom is -0.395 e. The summed E-state index contributed by atoms with van der Waals surface area (Å²) in [5.41, 5.74) is 0. The van der Waals surface area contributed by atoms with Crippen LogP contribution in [0.3, 0.4) is 0 Å². The van der Waals surface area contributed by atoms with Crippen molar-refractivity contribution in [1.29, 1.82) is 0 Å². The number of carbonyl (C=O) groups excluding carboxylic acids is 1. The molecular weight excluding hydrogens is 144 g/mol. The zero-order chi connectivity index (χ0) is 8.10. The molecule has 1 radical (unpaired) electrons. The summed E-state index contributed by atoms with van der Waals surface area (Å²) in [6, 6.07) is 0. The Morgan fingerprint density at radius 3 is 2.36 bits per heavy atom. The number of amides is 1. The molecule has 1 N–H and O–H groups in total. The summed E-state index contributed by atoms with van der Waals surface area (Å²) in [5.74, 6) is 0. The number of piperazine rings is 1. The van der Waals surface area contributed by atoms with Crippen molar-refractivity contribution in [2.45, 2.75) is 0 Å². The highest BCUT2D eigenvalue weighted by Crippen LogP contribution is 1.97. The van der Waals surface area contributed by atoms with E-state index in [-0.39, 0.29) is 6.61 Å². The van der Waals surface area contributed by atoms with Crippen molar-refractivity contribution in [1.82, 2.24) is 9.80 Å². The Morgan fingerprint density at radius 2 is 1.91 bits per heavy atom. The van der Waals surface area contributed by atoms with Crippen LogP contribution in [0.5, 0.6) is 0 Å². The third kappa shape index (κ3) is 2.48. The Balaban J connectivity index is 2.18. The van der Waals surface area contributed by atoms with E-state index in [0.717, 1.165) is 26.2 Å². The number of nitrogens with zero attached hydrogens (tertiary/aromatic N) is 2. The zero-order valence-corrected chi connectivity index (χ0v) is 6.49. The molecule has 4 nitrogen and oxygen atoms in total. The minimum absolute atomic E-state index is 0.199. The first-order chi connectivity index (χ1) is 5.36. The first kappa shape index (κ1) is 8.49. The molecule has 1 saturated heterocycles. The predicted molar refractivity (Wildman–Crippen MR) is 40.8 cm³/mol. The quantitative estimate of drug-likeness (QED) is 0.551. The smallest absolute Gasteiger partial charge is 0.312 e. The van der Waals surface area contributed by atoms with E-state index in [1.165, 1.54) is 0 Å². The second kappa shape index (κ2) is 4.31. The Morgan fingerprint density at radius 1 is 1.27 bits per heavy atom. The Hall–Kier alpha value is -0.610. The number of β-amino-alcohol motifs (C(OH)–C–C–N with tert-alkyl or cyclic N) is 1. The summed E-state index contributed by atoms with van der Waals surface area (Å²) in [6.45, 7) is 4.11. The van der Waals surface area contributed by atoms with Gasteiger partial charge in [0, 0.05) is 32.7 Å². The molecular formula is C7H13N2O2. The van der Waals surface area contributed by atoms with Crippen LogP contribution in [-0.4, -0.2) is 60.6 Å². The van der Waals surface area contributed by atoms with Crippen LogP contribution in [0.25, 0.3) is 0 Å². The van der Waals surface area contributed by atoms with Gasteiger partial charge in [0.2, 0.25) is 0 Å². The Labute approximate surface area is 66.4 Å². The van der Waals surface area contributed by atoms with Crippen LogP contribution in [-0.2, 0) is 4.79 Å². The van der Waals surface area contributed by atoms with Crippen LogP contribution in [0.2, 0.25) is 0 Å². The van der Waals surface area contributed by atoms with Gasteiger partial charge in [-0.1, -0.05) is 0 Å². The van der Waals surface area contributed by atoms with Gasteiger partial charge in [0.05, 0.1) is 6.61 Å². The van der Waals surface area contributed by atoms with Crippen LogP contribution in [0, 0.1) is 0 Å². The molecule has 0 bridgehead atoms. The molecule has 0 aromatic carbocycles. The standard InChI is InChI=1S/C7H13N2O2/c10-6-5-8-1-3-9(7-11)4-2-8/h10H,1-6H2. The highest BCUT2D eigenvalue weighted by Gasteiger charge is 2.14. The lowest BCUT2D eigenvalue weighted by atomic mass is 10.3. The van der Waals surface area contributed by atoms with Crippen molar-refractivity contribution < 1.29 is 9.90 Å². The van der Waals surface area contributed by atoms with Crippen LogP contribution in [0.4, 0.5) is 0 Å². The lowest BCUT2D eigenvalue weighted by molar-refractivity contribution is 0.145. The molecule has 0 aromatic heterocycles. The van der Waals surface area contributed by atoms with E-state index in [1.807, 2.05) is 6.41 Å². The van der Waals surface area contributed by atoms with Crippen molar-refractivity contribution in [3.05, 3.63) is 0 Å². The summed E-state index contributed by atoms with van der Waals surface area (Å²) in [5, 5.41) is 8.61. The minimum atomic E-state index is 0.199. The van der Waals surface area contributed by atoms with Crippen LogP contribution >= 0.6 is 0 Å². The first-order valence-electron chi connectivity index (χ1n) is 3.83. The van der Waals surface area contributed by atoms with Crippen molar-refractivity contribution in [3.63, 3.8) is 0 Å². The number of rotatable bonds is 3. The molecule has 63 valence electrons. The van der Waals surface area contributed by atoms with Crippen LogP contribution in [0.15, 0.2) is 0 Å². The van der Waals surface area contributed by atoms with Crippen molar-refractivity contribution in [3.8, 4) is 0 Å². The zero-order valence-electron chi connectivity index (χ0n) is 6.49. The van der Waals surface area contributed by atoms with Crippen molar-refractivity contribution in [2.75, 3.05) is 39.3 Å². The summed E-state index contributed by atoms with van der Waals surface area (Å²) >= 11 is 0. The van der Waals surface area contributed by atoms with E-state index in [1.54, 1.807) is 4.90 Å². The molecule has 0 atom stereocenters. The van der Waals surface area contributed by atoms with Crippen molar-refractivity contribution in [2.24, 2.45) is 0 Å². The molecule has 4 heteroatoms. The topological polar surface area (TPSA) is 43.8 Å². The molecule has 1 fully saturated rings. The van der Waals surface area contributed by atoms with E-state index in [2.05, 4.69) is 4.90 Å². The second-order valence-electron chi connectivity index (χ2n) is 2.64. The highest BCUT2D eigenvalue weighted by atomic mass is 16.3. The van der Waals surface area contributed by atoms with Crippen molar-refractivity contribution >= 4 is 6.41 Å². The molecule has 0 spiro atoms. The van der Waals surface area contributed by atoms with Gasteiger partial charge < -0.3 is 10.0 Å². The molecule has 0 unspecified atom stereocenters. The molecule has 1 amide bonds. The molecule has 1 heterocycles. The van der Waals surface area contributed by atoms with E-state index in [4.69, 9.17) is 5.11 Å². The predicted octanol–water partition coefficient (Wildman–Crippen LogP) is -1.34. The fraction of sp³-hybridized carbons (Fsp3) is 0.857. The fourth-order valence-corrected chi connectivity index (χ4v) is 1.20. The third-order valence-electron chi connectivity index (χ3n) is 1.92. The normalized spacial score (nSPS) is 20.3. The second-order valence-corrected chi connectivity index (χ2v) is 2.64. The van der Waals surface area contributed by atoms with Gasteiger partial charge in [-0.05, 0) is 0 Å². The summed E-state index contributed by atoms with van der Waals surface area (Å²) in [7, 11) is 0. The van der Waals surface area contributed by atoms with Gasteiger partial charge in [-0.15, -0.1) is 0 Å². The summed E-state index contributed by atoms with van der Waals surface area (Å²) in [4.78, 5) is 13.9. The van der Waals surface area contributed by atoms with Crippen LogP contribution < -0.4 is 0 Å². The van der Waals surface area contributed by atoms with Gasteiger partial charge in [0.1, 0.15) is 0 Å². The number of hydrogen-bond donors (Lipinski definition) is 1. The molecule has 0 aliphatic carbocycles. The van der Waals surface area contributed by atoms with Gasteiger partial charge in [-0.3, -0.25) is 9.69 Å². The number of hydrogen-bond acceptors (Lipinski definition) is 3. The van der Waals surface area contributed by atoms with Gasteiger partial charge in [-0.25, -0.2) is 0 Å². The monoisotopic (exact) mass is 157 g/mol. The lowest BCUT2D eigenvalue weighted by Crippen LogP contribution is -2.46. The lowest BCUT2D eigenvalue weighted by Gasteiger charge is -2.31. The van der Waals surface area contributed by atoms with E-state index in [0.29, 0.717) is 6.54 Å².